The molecule has 1 aliphatic heterocycles. The molecule has 0 aromatic heterocycles. The molecule has 1 N–H and O–H groups in total. The minimum absolute atomic E-state index is 0.0250. The Morgan fingerprint density at radius 2 is 2.17 bits per heavy atom. The number of ether oxygens (including phenoxy) is 1. The number of hydrogen-bond donors (Lipinski definition) is 1. The molecule has 0 spiro atoms. The van der Waals surface area contributed by atoms with Gasteiger partial charge in [-0.15, -0.1) is 11.8 Å². The van der Waals surface area contributed by atoms with Crippen molar-refractivity contribution in [1.29, 1.82) is 0 Å². The molecule has 4 nitrogen and oxygen atoms in total. The summed E-state index contributed by atoms with van der Waals surface area (Å²) in [5.41, 5.74) is 1.73. The molecule has 1 aliphatic rings. The number of nitrogens with one attached hydrogen (secondary N) is 1. The van der Waals surface area contributed by atoms with Gasteiger partial charge in [0.15, 0.2) is 0 Å². The minimum Gasteiger partial charge on any atom is -0.492 e. The van der Waals surface area contributed by atoms with Crippen molar-refractivity contribution in [3.05, 3.63) is 59.1 Å². The van der Waals surface area contributed by atoms with Crippen molar-refractivity contribution < 1.29 is 9.53 Å². The Balaban J connectivity index is 1.77. The zero-order valence-corrected chi connectivity index (χ0v) is 14.9. The Kier molecular flexibility index (Phi) is 5.53. The van der Waals surface area contributed by atoms with Crippen molar-refractivity contribution in [2.45, 2.75) is 12.3 Å². The van der Waals surface area contributed by atoms with E-state index in [4.69, 9.17) is 16.3 Å². The van der Waals surface area contributed by atoms with Gasteiger partial charge in [0.1, 0.15) is 11.1 Å². The Morgan fingerprint density at radius 1 is 1.33 bits per heavy atom. The third-order valence-corrected chi connectivity index (χ3v) is 5.21. The lowest BCUT2D eigenvalue weighted by molar-refractivity contribution is 0.214. The molecule has 24 heavy (non-hydrogen) atoms. The Morgan fingerprint density at radius 3 is 2.96 bits per heavy atom. The summed E-state index contributed by atoms with van der Waals surface area (Å²) in [7, 11) is 0. The SMILES string of the molecule is CCOc1ccccc1NC(=O)N1CCS[C@@H]1c1cccc(Cl)c1. The molecule has 126 valence electrons. The molecular formula is C18H19ClN2O2S. The Hall–Kier alpha value is -1.85. The molecule has 1 fully saturated rings. The summed E-state index contributed by atoms with van der Waals surface area (Å²) in [4.78, 5) is 14.6. The highest BCUT2D eigenvalue weighted by atomic mass is 35.5. The summed E-state index contributed by atoms with van der Waals surface area (Å²) in [5.74, 6) is 1.58. The quantitative estimate of drug-likeness (QED) is 0.830. The molecule has 6 heteroatoms. The maximum atomic E-state index is 12.8. The van der Waals surface area contributed by atoms with Crippen molar-refractivity contribution in [2.75, 3.05) is 24.2 Å². The second-order valence-electron chi connectivity index (χ2n) is 5.33. The molecule has 2 aromatic carbocycles. The number of rotatable bonds is 4. The number of urea groups is 1. The number of carbonyl (C=O) groups is 1. The molecule has 3 rings (SSSR count). The minimum atomic E-state index is -0.128. The van der Waals surface area contributed by atoms with Crippen molar-refractivity contribution in [2.24, 2.45) is 0 Å². The molecule has 2 aromatic rings. The predicted octanol–water partition coefficient (Wildman–Crippen LogP) is 5.02. The number of anilines is 1. The fraction of sp³-hybridized carbons (Fsp3) is 0.278. The number of halogens is 1. The van der Waals surface area contributed by atoms with E-state index in [1.54, 1.807) is 11.8 Å². The maximum Gasteiger partial charge on any atom is 0.323 e. The van der Waals surface area contributed by atoms with Crippen LogP contribution in [0.5, 0.6) is 5.75 Å². The van der Waals surface area contributed by atoms with Gasteiger partial charge in [0, 0.05) is 17.3 Å². The van der Waals surface area contributed by atoms with E-state index in [2.05, 4.69) is 5.32 Å². The molecule has 1 saturated heterocycles. The Labute approximate surface area is 151 Å². The molecular weight excluding hydrogens is 344 g/mol. The summed E-state index contributed by atoms with van der Waals surface area (Å²) in [5, 5.41) is 3.62. The van der Waals surface area contributed by atoms with Gasteiger partial charge in [-0.3, -0.25) is 0 Å². The van der Waals surface area contributed by atoms with Crippen LogP contribution in [0, 0.1) is 0 Å². The van der Waals surface area contributed by atoms with E-state index in [1.165, 1.54) is 0 Å². The summed E-state index contributed by atoms with van der Waals surface area (Å²) in [6.45, 7) is 3.17. The predicted molar refractivity (Wildman–Crippen MR) is 100.0 cm³/mol. The summed E-state index contributed by atoms with van der Waals surface area (Å²) in [6.07, 6.45) is 0. The second-order valence-corrected chi connectivity index (χ2v) is 6.96. The highest BCUT2D eigenvalue weighted by molar-refractivity contribution is 7.99. The number of nitrogens with zero attached hydrogens (tertiary/aromatic N) is 1. The topological polar surface area (TPSA) is 41.6 Å². The van der Waals surface area contributed by atoms with Crippen LogP contribution in [0.15, 0.2) is 48.5 Å². The summed E-state index contributed by atoms with van der Waals surface area (Å²) < 4.78 is 5.57. The third-order valence-electron chi connectivity index (χ3n) is 3.71. The van der Waals surface area contributed by atoms with E-state index in [-0.39, 0.29) is 11.4 Å². The van der Waals surface area contributed by atoms with Crippen molar-refractivity contribution in [1.82, 2.24) is 4.90 Å². The number of amides is 2. The van der Waals surface area contributed by atoms with Crippen molar-refractivity contribution >= 4 is 35.1 Å². The average molecular weight is 363 g/mol. The molecule has 0 bridgehead atoms. The molecule has 0 aliphatic carbocycles. The van der Waals surface area contributed by atoms with Crippen LogP contribution in [0.3, 0.4) is 0 Å². The zero-order chi connectivity index (χ0) is 16.9. The fourth-order valence-electron chi connectivity index (χ4n) is 2.65. The first-order valence-corrected chi connectivity index (χ1v) is 9.28. The van der Waals surface area contributed by atoms with Gasteiger partial charge in [-0.25, -0.2) is 4.79 Å². The van der Waals surface area contributed by atoms with Crippen LogP contribution in [0.2, 0.25) is 5.02 Å². The number of hydrogen-bond acceptors (Lipinski definition) is 3. The molecule has 2 amide bonds. The normalized spacial score (nSPS) is 16.9. The molecule has 0 unspecified atom stereocenters. The van der Waals surface area contributed by atoms with E-state index in [1.807, 2.05) is 60.4 Å². The van der Waals surface area contributed by atoms with Gasteiger partial charge in [-0.1, -0.05) is 35.9 Å². The van der Waals surface area contributed by atoms with Gasteiger partial charge in [0.25, 0.3) is 0 Å². The lowest BCUT2D eigenvalue weighted by Crippen LogP contribution is -2.34. The van der Waals surface area contributed by atoms with Gasteiger partial charge in [0.05, 0.1) is 12.3 Å². The van der Waals surface area contributed by atoms with Crippen LogP contribution in [-0.4, -0.2) is 29.8 Å². The zero-order valence-electron chi connectivity index (χ0n) is 13.4. The van der Waals surface area contributed by atoms with Crippen LogP contribution >= 0.6 is 23.4 Å². The van der Waals surface area contributed by atoms with E-state index < -0.39 is 0 Å². The largest absolute Gasteiger partial charge is 0.492 e. The molecule has 0 radical (unpaired) electrons. The first-order chi connectivity index (χ1) is 11.7. The van der Waals surface area contributed by atoms with Crippen LogP contribution in [0.4, 0.5) is 10.5 Å². The van der Waals surface area contributed by atoms with Gasteiger partial charge >= 0.3 is 6.03 Å². The number of thioether (sulfide) groups is 1. The Bertz CT molecular complexity index is 726. The van der Waals surface area contributed by atoms with Crippen LogP contribution in [0.1, 0.15) is 17.9 Å². The van der Waals surface area contributed by atoms with Crippen molar-refractivity contribution in [3.8, 4) is 5.75 Å². The standard InChI is InChI=1S/C18H19ClN2O2S/c1-2-23-16-9-4-3-8-15(16)20-18(22)21-10-11-24-17(21)13-6-5-7-14(19)12-13/h3-9,12,17H,2,10-11H2,1H3,(H,20,22)/t17-/m1/s1. The summed E-state index contributed by atoms with van der Waals surface area (Å²) >= 11 is 7.83. The third kappa shape index (κ3) is 3.79. The van der Waals surface area contributed by atoms with Crippen LogP contribution < -0.4 is 10.1 Å². The smallest absolute Gasteiger partial charge is 0.323 e. The van der Waals surface area contributed by atoms with E-state index in [0.29, 0.717) is 29.6 Å². The number of benzene rings is 2. The van der Waals surface area contributed by atoms with Gasteiger partial charge in [0.2, 0.25) is 0 Å². The average Bonchev–Trinajstić information content (AvgIpc) is 3.07. The number of para-hydroxylation sites is 2. The summed E-state index contributed by atoms with van der Waals surface area (Å²) in [6, 6.07) is 15.0. The molecule has 1 heterocycles. The van der Waals surface area contributed by atoms with Gasteiger partial charge in [-0.2, -0.15) is 0 Å². The monoisotopic (exact) mass is 362 g/mol. The highest BCUT2D eigenvalue weighted by Crippen LogP contribution is 2.39. The lowest BCUT2D eigenvalue weighted by Gasteiger charge is -2.25. The van der Waals surface area contributed by atoms with Crippen LogP contribution in [-0.2, 0) is 0 Å². The molecule has 1 atom stereocenters. The van der Waals surface area contributed by atoms with E-state index in [0.717, 1.165) is 11.3 Å². The second kappa shape index (κ2) is 7.81. The molecule has 0 saturated carbocycles. The fourth-order valence-corrected chi connectivity index (χ4v) is 4.10. The van der Waals surface area contributed by atoms with Gasteiger partial charge in [-0.05, 0) is 36.8 Å². The highest BCUT2D eigenvalue weighted by Gasteiger charge is 2.31. The number of carbonyl (C=O) groups excluding carboxylic acids is 1. The van der Waals surface area contributed by atoms with Gasteiger partial charge < -0.3 is 15.0 Å². The van der Waals surface area contributed by atoms with E-state index >= 15 is 0 Å². The van der Waals surface area contributed by atoms with Crippen molar-refractivity contribution in [3.63, 3.8) is 0 Å². The maximum absolute atomic E-state index is 12.8. The lowest BCUT2D eigenvalue weighted by atomic mass is 10.2. The van der Waals surface area contributed by atoms with E-state index in [9.17, 15) is 4.79 Å². The van der Waals surface area contributed by atoms with Crippen LogP contribution in [0.25, 0.3) is 0 Å². The first-order valence-electron chi connectivity index (χ1n) is 7.85. The first kappa shape index (κ1) is 17.0.